The van der Waals surface area contributed by atoms with Crippen LogP contribution in [-0.4, -0.2) is 21.2 Å². The van der Waals surface area contributed by atoms with E-state index in [9.17, 15) is 4.79 Å². The lowest BCUT2D eigenvalue weighted by Crippen LogP contribution is -2.10. The summed E-state index contributed by atoms with van der Waals surface area (Å²) < 4.78 is 4.39. The summed E-state index contributed by atoms with van der Waals surface area (Å²) in [7, 11) is 0. The molecule has 6 heteroatoms. The van der Waals surface area contributed by atoms with Gasteiger partial charge in [0.2, 0.25) is 5.90 Å². The van der Waals surface area contributed by atoms with Gasteiger partial charge in [-0.25, -0.2) is 4.98 Å². The number of rotatable bonds is 1. The van der Waals surface area contributed by atoms with Gasteiger partial charge in [-0.2, -0.15) is 4.79 Å². The van der Waals surface area contributed by atoms with Crippen molar-refractivity contribution >= 4 is 23.8 Å². The van der Waals surface area contributed by atoms with E-state index in [1.165, 1.54) is 18.6 Å². The highest BCUT2D eigenvalue weighted by Gasteiger charge is 2.10. The lowest BCUT2D eigenvalue weighted by atomic mass is 10.4. The van der Waals surface area contributed by atoms with Gasteiger partial charge in [-0.3, -0.25) is 10.4 Å². The largest absolute Gasteiger partial charge is 0.527 e. The zero-order valence-electron chi connectivity index (χ0n) is 5.94. The molecule has 1 heterocycles. The van der Waals surface area contributed by atoms with Crippen LogP contribution in [0.25, 0.3) is 0 Å². The molecule has 0 radical (unpaired) electrons. The molecule has 1 aromatic heterocycles. The van der Waals surface area contributed by atoms with Crippen LogP contribution in [0.1, 0.15) is 5.69 Å². The molecule has 0 fully saturated rings. The van der Waals surface area contributed by atoms with E-state index in [1.807, 2.05) is 0 Å². The molecule has 1 N–H and O–H groups in total. The van der Waals surface area contributed by atoms with E-state index in [0.717, 1.165) is 0 Å². The molecule has 1 aromatic rings. The Morgan fingerprint density at radius 2 is 2.33 bits per heavy atom. The van der Waals surface area contributed by atoms with Gasteiger partial charge in [-0.1, -0.05) is 0 Å². The summed E-state index contributed by atoms with van der Waals surface area (Å²) in [6, 6.07) is 0. The topological polar surface area (TPSA) is 75.9 Å². The van der Waals surface area contributed by atoms with Gasteiger partial charge in [-0.05, 0) is 0 Å². The van der Waals surface area contributed by atoms with Crippen LogP contribution in [0.4, 0.5) is 4.79 Å². The van der Waals surface area contributed by atoms with E-state index >= 15 is 0 Å². The number of hydrogen-bond donors (Lipinski definition) is 1. The van der Waals surface area contributed by atoms with Gasteiger partial charge in [0.1, 0.15) is 5.69 Å². The lowest BCUT2D eigenvalue weighted by Gasteiger charge is -1.96. The Morgan fingerprint density at radius 1 is 1.58 bits per heavy atom. The van der Waals surface area contributed by atoms with Gasteiger partial charge in [0.05, 0.1) is 18.8 Å². The van der Waals surface area contributed by atoms with E-state index in [1.54, 1.807) is 0 Å². The molecule has 5 nitrogen and oxygen atoms in total. The molecular weight excluding hydrogens is 178 g/mol. The van der Waals surface area contributed by atoms with Gasteiger partial charge in [0, 0.05) is 12.4 Å². The molecular formula is C6H6N3O2S+. The Hall–Kier alpha value is -1.43. The second-order valence-electron chi connectivity index (χ2n) is 1.81. The number of nitrogens with zero attached hydrogens (tertiary/aromatic N) is 2. The first-order valence-corrected chi connectivity index (χ1v) is 3.48. The standard InChI is InChI=1S/C6H5N3O2S/c7-5(11-6(10)12)4-3-8-1-2-9-4/h1-3,7H,(H,10,12)/p+1. The number of nitrogens with one attached hydrogen (secondary N) is 1. The van der Waals surface area contributed by atoms with Crippen molar-refractivity contribution in [3.8, 4) is 0 Å². The van der Waals surface area contributed by atoms with Gasteiger partial charge in [0.25, 0.3) is 0 Å². The smallest absolute Gasteiger partial charge is 0.366 e. The SMILES string of the molecule is N=C(OC(=O)[SH2+])c1cnccn1. The summed E-state index contributed by atoms with van der Waals surface area (Å²) in [5.41, 5.74) is 0.212. The number of ether oxygens (including phenoxy) is 1. The van der Waals surface area contributed by atoms with E-state index in [4.69, 9.17) is 5.41 Å². The van der Waals surface area contributed by atoms with Crippen LogP contribution < -0.4 is 0 Å². The summed E-state index contributed by atoms with van der Waals surface area (Å²) in [6.45, 7) is 0. The summed E-state index contributed by atoms with van der Waals surface area (Å²) in [4.78, 5) is 17.8. The molecule has 0 aliphatic rings. The van der Waals surface area contributed by atoms with Crippen molar-refractivity contribution in [3.05, 3.63) is 24.3 Å². The average molecular weight is 184 g/mol. The molecule has 0 atom stereocenters. The van der Waals surface area contributed by atoms with Crippen molar-refractivity contribution in [2.75, 3.05) is 0 Å². The third-order valence-corrected chi connectivity index (χ3v) is 1.09. The monoisotopic (exact) mass is 184 g/mol. The van der Waals surface area contributed by atoms with Crippen LogP contribution >= 0.6 is 0 Å². The molecule has 0 aromatic carbocycles. The van der Waals surface area contributed by atoms with Gasteiger partial charge < -0.3 is 4.74 Å². The Labute approximate surface area is 73.7 Å². The fraction of sp³-hybridized carbons (Fsp3) is 0. The molecule has 0 amide bonds. The van der Waals surface area contributed by atoms with Crippen molar-refractivity contribution in [3.63, 3.8) is 0 Å². The summed E-state index contributed by atoms with van der Waals surface area (Å²) in [5.74, 6) is -0.330. The van der Waals surface area contributed by atoms with Crippen molar-refractivity contribution in [1.29, 1.82) is 5.41 Å². The Balaban J connectivity index is 2.73. The molecule has 12 heavy (non-hydrogen) atoms. The minimum atomic E-state index is -0.731. The van der Waals surface area contributed by atoms with Crippen LogP contribution in [0.3, 0.4) is 0 Å². The van der Waals surface area contributed by atoms with Gasteiger partial charge in [-0.15, -0.1) is 0 Å². The maximum Gasteiger partial charge on any atom is 0.527 e. The maximum atomic E-state index is 10.3. The summed E-state index contributed by atoms with van der Waals surface area (Å²) in [6.07, 6.45) is 4.20. The molecule has 1 rings (SSSR count). The third-order valence-electron chi connectivity index (χ3n) is 0.991. The van der Waals surface area contributed by atoms with Crippen LogP contribution in [0.15, 0.2) is 18.6 Å². The molecule has 0 saturated heterocycles. The average Bonchev–Trinajstić information content (AvgIpc) is 2.05. The predicted octanol–water partition coefficient (Wildman–Crippen LogP) is -0.0499. The minimum absolute atomic E-state index is 0.212. The van der Waals surface area contributed by atoms with Crippen LogP contribution in [0.2, 0.25) is 0 Å². The zero-order chi connectivity index (χ0) is 8.97. The number of hydrogen-bond acceptors (Lipinski definition) is 5. The normalized spacial score (nSPS) is 9.08. The summed E-state index contributed by atoms with van der Waals surface area (Å²) in [5, 5.41) is 6.45. The second kappa shape index (κ2) is 3.82. The van der Waals surface area contributed by atoms with Crippen LogP contribution in [0.5, 0.6) is 0 Å². The van der Waals surface area contributed by atoms with E-state index < -0.39 is 5.30 Å². The van der Waals surface area contributed by atoms with Crippen molar-refractivity contribution in [1.82, 2.24) is 9.97 Å². The minimum Gasteiger partial charge on any atom is -0.366 e. The number of carbonyl (C=O) groups excluding carboxylic acids is 1. The second-order valence-corrected chi connectivity index (χ2v) is 2.22. The summed E-state index contributed by atoms with van der Waals surface area (Å²) >= 11 is 2.57. The van der Waals surface area contributed by atoms with Crippen molar-refractivity contribution in [2.24, 2.45) is 0 Å². The molecule has 0 aliphatic heterocycles. The molecule has 62 valence electrons. The fourth-order valence-corrected chi connectivity index (χ4v) is 0.663. The first-order valence-electron chi connectivity index (χ1n) is 2.98. The maximum absolute atomic E-state index is 10.3. The van der Waals surface area contributed by atoms with Crippen LogP contribution in [-0.2, 0) is 17.4 Å². The third kappa shape index (κ3) is 2.31. The van der Waals surface area contributed by atoms with E-state index in [2.05, 4.69) is 27.3 Å². The molecule has 0 bridgehead atoms. The van der Waals surface area contributed by atoms with Crippen molar-refractivity contribution < 1.29 is 9.53 Å². The molecule has 0 unspecified atom stereocenters. The molecule has 0 spiro atoms. The fourth-order valence-electron chi connectivity index (χ4n) is 0.561. The lowest BCUT2D eigenvalue weighted by molar-refractivity contribution is 0.224. The zero-order valence-corrected chi connectivity index (χ0v) is 6.94. The highest BCUT2D eigenvalue weighted by atomic mass is 32.1. The van der Waals surface area contributed by atoms with E-state index in [0.29, 0.717) is 0 Å². The van der Waals surface area contributed by atoms with Crippen molar-refractivity contribution in [2.45, 2.75) is 0 Å². The Bertz CT molecular complexity index is 301. The predicted molar refractivity (Wildman–Crippen MR) is 45.5 cm³/mol. The highest BCUT2D eigenvalue weighted by molar-refractivity contribution is 7.76. The Morgan fingerprint density at radius 3 is 2.83 bits per heavy atom. The number of aromatic nitrogens is 2. The van der Waals surface area contributed by atoms with E-state index in [-0.39, 0.29) is 11.6 Å². The van der Waals surface area contributed by atoms with Gasteiger partial charge >= 0.3 is 5.30 Å². The van der Waals surface area contributed by atoms with Crippen LogP contribution in [0, 0.1) is 5.41 Å². The molecule has 0 aliphatic carbocycles. The first-order chi connectivity index (χ1) is 5.70. The molecule has 0 saturated carbocycles. The quantitative estimate of drug-likeness (QED) is 0.287. The first kappa shape index (κ1) is 8.66. The van der Waals surface area contributed by atoms with Gasteiger partial charge in [0.15, 0.2) is 0 Å². The number of carbonyl (C=O) groups is 1. The highest BCUT2D eigenvalue weighted by Crippen LogP contribution is 1.94. The Kier molecular flexibility index (Phi) is 2.76.